The Morgan fingerprint density at radius 1 is 0.381 bits per heavy atom. The largest absolute Gasteiger partial charge is 0.495 e. The zero-order chi connectivity index (χ0) is 17.1. The molecule has 2 rings (SSSR count). The fourth-order valence-electron chi connectivity index (χ4n) is 0.850. The molecule has 0 atom stereocenters. The number of hydrogen-bond donors (Lipinski definition) is 0. The van der Waals surface area contributed by atoms with Gasteiger partial charge in [-0.3, -0.25) is 0 Å². The summed E-state index contributed by atoms with van der Waals surface area (Å²) in [5, 5.41) is 0. The number of halogens is 12. The molecule has 2 fully saturated rings. The van der Waals surface area contributed by atoms with Crippen LogP contribution in [0.15, 0.2) is 0 Å². The predicted octanol–water partition coefficient (Wildman–Crippen LogP) is 3.61. The van der Waals surface area contributed by atoms with Crippen molar-refractivity contribution in [3.8, 4) is 0 Å². The Morgan fingerprint density at radius 3 is 0.714 bits per heavy atom. The van der Waals surface area contributed by atoms with E-state index in [0.717, 1.165) is 0 Å². The third-order valence-corrected chi connectivity index (χ3v) is 1.82. The highest BCUT2D eigenvalue weighted by atomic mass is 19.4. The van der Waals surface area contributed by atoms with E-state index >= 15 is 0 Å². The molecule has 0 saturated carbocycles. The van der Waals surface area contributed by atoms with Crippen molar-refractivity contribution in [2.45, 2.75) is 36.7 Å². The van der Waals surface area contributed by atoms with Crippen LogP contribution in [0.1, 0.15) is 0 Å². The van der Waals surface area contributed by atoms with E-state index in [4.69, 9.17) is 0 Å². The average Bonchev–Trinajstić information content (AvgIpc) is 2.26. The minimum Gasteiger partial charge on any atom is -0.245 e. The van der Waals surface area contributed by atoms with E-state index in [-0.39, 0.29) is 0 Å². The maximum absolute atomic E-state index is 11.6. The van der Waals surface area contributed by atoms with Crippen molar-refractivity contribution in [1.29, 1.82) is 0 Å². The highest BCUT2D eigenvalue weighted by Crippen LogP contribution is 2.58. The summed E-state index contributed by atoms with van der Waals surface area (Å²) in [7, 11) is 0. The molecule has 0 radical (unpaired) electrons. The van der Waals surface area contributed by atoms with Gasteiger partial charge >= 0.3 is 36.7 Å². The molecule has 126 valence electrons. The molecule has 3 nitrogen and oxygen atoms in total. The van der Waals surface area contributed by atoms with Crippen LogP contribution in [0.5, 0.6) is 0 Å². The van der Waals surface area contributed by atoms with E-state index in [1.165, 1.54) is 0 Å². The number of hydrogen-bond acceptors (Lipinski definition) is 3. The molecule has 0 aliphatic carbocycles. The summed E-state index contributed by atoms with van der Waals surface area (Å²) < 4.78 is 145. The smallest absolute Gasteiger partial charge is 0.245 e. The molecule has 0 aromatic rings. The van der Waals surface area contributed by atoms with Crippen LogP contribution in [0.4, 0.5) is 52.7 Å². The van der Waals surface area contributed by atoms with Crippen LogP contribution in [-0.2, 0) is 14.2 Å². The van der Waals surface area contributed by atoms with Crippen molar-refractivity contribution < 1.29 is 66.9 Å². The highest BCUT2D eigenvalue weighted by Gasteiger charge is 2.87. The van der Waals surface area contributed by atoms with Gasteiger partial charge in [0.1, 0.15) is 0 Å². The van der Waals surface area contributed by atoms with Gasteiger partial charge in [0.2, 0.25) is 0 Å². The minimum atomic E-state index is -5.38. The first-order chi connectivity index (χ1) is 8.87. The molecule has 0 amide bonds. The molecule has 2 aliphatic heterocycles. The van der Waals surface area contributed by atoms with Gasteiger partial charge in [0.05, 0.1) is 0 Å². The fraction of sp³-hybridized carbons (Fsp3) is 1.00. The van der Waals surface area contributed by atoms with E-state index in [9.17, 15) is 52.7 Å². The first kappa shape index (κ1) is 18.1. The molecule has 2 aliphatic rings. The lowest BCUT2D eigenvalue weighted by atomic mass is 10.2. The Labute approximate surface area is 105 Å². The molecule has 0 unspecified atom stereocenters. The molecule has 2 saturated heterocycles. The van der Waals surface area contributed by atoms with Gasteiger partial charge < -0.3 is 0 Å². The van der Waals surface area contributed by atoms with E-state index in [0.29, 0.717) is 0 Å². The highest BCUT2D eigenvalue weighted by molar-refractivity contribution is 4.95. The van der Waals surface area contributed by atoms with Crippen LogP contribution >= 0.6 is 0 Å². The number of rotatable bonds is 0. The Balaban J connectivity index is 0.000000211. The fourth-order valence-corrected chi connectivity index (χ4v) is 0.850. The second-order valence-corrected chi connectivity index (χ2v) is 3.41. The van der Waals surface area contributed by atoms with E-state index < -0.39 is 36.7 Å². The lowest BCUT2D eigenvalue weighted by Crippen LogP contribution is -2.69. The summed E-state index contributed by atoms with van der Waals surface area (Å²) in [6.07, 6.45) is -25.6. The molecule has 0 aromatic carbocycles. The third kappa shape index (κ3) is 2.85. The Bertz CT molecular complexity index is 383. The van der Waals surface area contributed by atoms with Gasteiger partial charge in [-0.15, -0.1) is 8.78 Å². The van der Waals surface area contributed by atoms with Gasteiger partial charge in [0, 0.05) is 0 Å². The van der Waals surface area contributed by atoms with E-state index in [2.05, 4.69) is 14.2 Å². The van der Waals surface area contributed by atoms with Gasteiger partial charge in [-0.05, 0) is 0 Å². The first-order valence-corrected chi connectivity index (χ1v) is 4.24. The van der Waals surface area contributed by atoms with Crippen LogP contribution in [0.3, 0.4) is 0 Å². The summed E-state index contributed by atoms with van der Waals surface area (Å²) in [6, 6.07) is 0. The topological polar surface area (TPSA) is 27.7 Å². The summed E-state index contributed by atoms with van der Waals surface area (Å²) in [5.41, 5.74) is 0. The standard InChI is InChI=1S/C3F6O2.C3F6O/c4-1(5)2(6,7)11-3(8,9)10-1;4-1(5)2(6,7)10-3(1,8)9. The lowest BCUT2D eigenvalue weighted by molar-refractivity contribution is -0.583. The van der Waals surface area contributed by atoms with Crippen LogP contribution in [-0.4, -0.2) is 36.7 Å². The third-order valence-electron chi connectivity index (χ3n) is 1.82. The Morgan fingerprint density at radius 2 is 0.667 bits per heavy atom. The van der Waals surface area contributed by atoms with Crippen molar-refractivity contribution >= 4 is 0 Å². The first-order valence-electron chi connectivity index (χ1n) is 4.24. The van der Waals surface area contributed by atoms with Crippen LogP contribution in [0, 0.1) is 0 Å². The van der Waals surface area contributed by atoms with E-state index in [1.807, 2.05) is 0 Å². The van der Waals surface area contributed by atoms with Crippen LogP contribution in [0.25, 0.3) is 0 Å². The number of ether oxygens (including phenoxy) is 3. The molecular formula is C6F12O3. The quantitative estimate of drug-likeness (QED) is 0.626. The molecule has 21 heavy (non-hydrogen) atoms. The SMILES string of the molecule is FC1(F)OC(F)(F)C(F)(F)O1.FC1(F)OC(F)(F)C1(F)F. The van der Waals surface area contributed by atoms with Gasteiger partial charge in [-0.2, -0.15) is 43.9 Å². The van der Waals surface area contributed by atoms with Crippen molar-refractivity contribution in [3.05, 3.63) is 0 Å². The number of alkyl halides is 12. The van der Waals surface area contributed by atoms with Gasteiger partial charge in [0.15, 0.2) is 0 Å². The maximum Gasteiger partial charge on any atom is 0.495 e. The van der Waals surface area contributed by atoms with Crippen molar-refractivity contribution in [1.82, 2.24) is 0 Å². The van der Waals surface area contributed by atoms with Gasteiger partial charge in [0.25, 0.3) is 0 Å². The minimum absolute atomic E-state index is 2.31. The summed E-state index contributed by atoms with van der Waals surface area (Å²) in [5.74, 6) is -5.38. The molecule has 0 aromatic heterocycles. The second-order valence-electron chi connectivity index (χ2n) is 3.41. The maximum atomic E-state index is 11.6. The molecule has 0 N–H and O–H groups in total. The Hall–Kier alpha value is -0.960. The summed E-state index contributed by atoms with van der Waals surface area (Å²) in [4.78, 5) is 0. The summed E-state index contributed by atoms with van der Waals surface area (Å²) >= 11 is 0. The lowest BCUT2D eigenvalue weighted by Gasteiger charge is -2.41. The molecule has 15 heteroatoms. The normalized spacial score (nSPS) is 32.6. The predicted molar refractivity (Wildman–Crippen MR) is 32.9 cm³/mol. The van der Waals surface area contributed by atoms with Crippen LogP contribution in [0.2, 0.25) is 0 Å². The van der Waals surface area contributed by atoms with Crippen molar-refractivity contribution in [3.63, 3.8) is 0 Å². The zero-order valence-corrected chi connectivity index (χ0v) is 8.76. The molecule has 0 spiro atoms. The van der Waals surface area contributed by atoms with Gasteiger partial charge in [-0.25, -0.2) is 14.2 Å². The van der Waals surface area contributed by atoms with Crippen LogP contribution < -0.4 is 0 Å². The zero-order valence-electron chi connectivity index (χ0n) is 8.76. The Kier molecular flexibility index (Phi) is 3.69. The van der Waals surface area contributed by atoms with Gasteiger partial charge in [-0.1, -0.05) is 0 Å². The van der Waals surface area contributed by atoms with E-state index in [1.54, 1.807) is 0 Å². The average molecular weight is 348 g/mol. The van der Waals surface area contributed by atoms with Crippen molar-refractivity contribution in [2.75, 3.05) is 0 Å². The molecule has 0 bridgehead atoms. The van der Waals surface area contributed by atoms with Crippen molar-refractivity contribution in [2.24, 2.45) is 0 Å². The molecular weight excluding hydrogens is 348 g/mol. The summed E-state index contributed by atoms with van der Waals surface area (Å²) in [6.45, 7) is 0. The monoisotopic (exact) mass is 348 g/mol. The second kappa shape index (κ2) is 4.28. The molecule has 2 heterocycles.